The fourth-order valence-corrected chi connectivity index (χ4v) is 2.03. The van der Waals surface area contributed by atoms with Crippen molar-refractivity contribution < 1.29 is 27.4 Å². The molecular weight excluding hydrogens is 287 g/mol. The summed E-state index contributed by atoms with van der Waals surface area (Å²) in [7, 11) is 3.08. The minimum absolute atomic E-state index is 0.0762. The molecule has 2 atom stereocenters. The molecule has 0 radical (unpaired) electrons. The Balaban J connectivity index is 2.64. The van der Waals surface area contributed by atoms with E-state index in [1.165, 1.54) is 12.1 Å². The number of hydrogen-bond donors (Lipinski definition) is 1. The SMILES string of the molecule is COC(OC)C(C)NC(C)c1ccc(OC(F)(F)F)cc1. The predicted octanol–water partition coefficient (Wildman–Crippen LogP) is 3.24. The number of rotatable bonds is 7. The molecule has 4 nitrogen and oxygen atoms in total. The summed E-state index contributed by atoms with van der Waals surface area (Å²) in [4.78, 5) is 0. The second-order valence-electron chi connectivity index (χ2n) is 4.63. The van der Waals surface area contributed by atoms with Crippen molar-refractivity contribution in [3.8, 4) is 5.75 Å². The lowest BCUT2D eigenvalue weighted by molar-refractivity contribution is -0.274. The summed E-state index contributed by atoms with van der Waals surface area (Å²) in [5.41, 5.74) is 0.835. The number of alkyl halides is 3. The third kappa shape index (κ3) is 5.91. The highest BCUT2D eigenvalue weighted by Gasteiger charge is 2.31. The molecule has 120 valence electrons. The zero-order chi connectivity index (χ0) is 16.0. The zero-order valence-electron chi connectivity index (χ0n) is 12.4. The third-order valence-electron chi connectivity index (χ3n) is 3.00. The van der Waals surface area contributed by atoms with Crippen LogP contribution in [0, 0.1) is 0 Å². The summed E-state index contributed by atoms with van der Waals surface area (Å²) < 4.78 is 50.3. The quantitative estimate of drug-likeness (QED) is 0.785. The molecule has 1 aromatic rings. The van der Waals surface area contributed by atoms with Crippen molar-refractivity contribution in [3.63, 3.8) is 0 Å². The minimum atomic E-state index is -4.68. The van der Waals surface area contributed by atoms with Crippen molar-refractivity contribution in [2.24, 2.45) is 0 Å². The molecule has 0 aliphatic rings. The van der Waals surface area contributed by atoms with Gasteiger partial charge in [-0.25, -0.2) is 0 Å². The number of halogens is 3. The van der Waals surface area contributed by atoms with Crippen molar-refractivity contribution in [3.05, 3.63) is 29.8 Å². The Kier molecular flexibility index (Phi) is 6.44. The summed E-state index contributed by atoms with van der Waals surface area (Å²) in [5, 5.41) is 3.25. The van der Waals surface area contributed by atoms with Gasteiger partial charge >= 0.3 is 6.36 Å². The molecule has 0 saturated heterocycles. The van der Waals surface area contributed by atoms with Gasteiger partial charge in [0.25, 0.3) is 0 Å². The largest absolute Gasteiger partial charge is 0.573 e. The average Bonchev–Trinajstić information content (AvgIpc) is 2.39. The van der Waals surface area contributed by atoms with E-state index in [0.717, 1.165) is 5.56 Å². The standard InChI is InChI=1S/C14H20F3NO3/c1-9(18-10(2)13(19-3)20-4)11-5-7-12(8-6-11)21-14(15,16)17/h5-10,13,18H,1-4H3. The van der Waals surface area contributed by atoms with Crippen LogP contribution in [0.25, 0.3) is 0 Å². The topological polar surface area (TPSA) is 39.7 Å². The van der Waals surface area contributed by atoms with Crippen LogP contribution in [0.4, 0.5) is 13.2 Å². The van der Waals surface area contributed by atoms with Gasteiger partial charge in [-0.2, -0.15) is 0 Å². The Morgan fingerprint density at radius 1 is 1.00 bits per heavy atom. The van der Waals surface area contributed by atoms with Crippen molar-refractivity contribution in [2.45, 2.75) is 38.6 Å². The van der Waals surface area contributed by atoms with E-state index in [9.17, 15) is 13.2 Å². The van der Waals surface area contributed by atoms with Crippen LogP contribution in [0.2, 0.25) is 0 Å². The molecule has 0 spiro atoms. The van der Waals surface area contributed by atoms with Gasteiger partial charge in [0.05, 0.1) is 6.04 Å². The van der Waals surface area contributed by atoms with E-state index in [2.05, 4.69) is 10.1 Å². The van der Waals surface area contributed by atoms with Gasteiger partial charge in [0.1, 0.15) is 5.75 Å². The van der Waals surface area contributed by atoms with Crippen molar-refractivity contribution in [2.75, 3.05) is 14.2 Å². The molecule has 0 aromatic heterocycles. The van der Waals surface area contributed by atoms with Crippen LogP contribution < -0.4 is 10.1 Å². The molecule has 21 heavy (non-hydrogen) atoms. The van der Waals surface area contributed by atoms with E-state index >= 15 is 0 Å². The maximum Gasteiger partial charge on any atom is 0.573 e. The maximum atomic E-state index is 12.1. The van der Waals surface area contributed by atoms with Crippen molar-refractivity contribution in [1.82, 2.24) is 5.32 Å². The summed E-state index contributed by atoms with van der Waals surface area (Å²) in [6.07, 6.45) is -5.08. The number of hydrogen-bond acceptors (Lipinski definition) is 4. The molecule has 1 N–H and O–H groups in total. The van der Waals surface area contributed by atoms with Crippen LogP contribution >= 0.6 is 0 Å². The minimum Gasteiger partial charge on any atom is -0.406 e. The number of nitrogens with one attached hydrogen (secondary N) is 1. The fraction of sp³-hybridized carbons (Fsp3) is 0.571. The van der Waals surface area contributed by atoms with E-state index in [4.69, 9.17) is 9.47 Å². The molecule has 0 aliphatic heterocycles. The first kappa shape index (κ1) is 17.7. The van der Waals surface area contributed by atoms with Gasteiger partial charge in [-0.05, 0) is 31.5 Å². The lowest BCUT2D eigenvalue weighted by Gasteiger charge is -2.26. The van der Waals surface area contributed by atoms with Crippen LogP contribution in [-0.2, 0) is 9.47 Å². The second kappa shape index (κ2) is 7.63. The normalized spacial score (nSPS) is 15.0. The maximum absolute atomic E-state index is 12.1. The van der Waals surface area contributed by atoms with Gasteiger partial charge in [-0.1, -0.05) is 12.1 Å². The van der Waals surface area contributed by atoms with Crippen LogP contribution in [0.5, 0.6) is 5.75 Å². The van der Waals surface area contributed by atoms with Gasteiger partial charge in [0, 0.05) is 20.3 Å². The average molecular weight is 307 g/mol. The van der Waals surface area contributed by atoms with Crippen molar-refractivity contribution in [1.29, 1.82) is 0 Å². The molecule has 0 heterocycles. The predicted molar refractivity (Wildman–Crippen MR) is 71.9 cm³/mol. The van der Waals surface area contributed by atoms with Gasteiger partial charge < -0.3 is 19.5 Å². The van der Waals surface area contributed by atoms with Gasteiger partial charge in [-0.15, -0.1) is 13.2 Å². The first-order valence-electron chi connectivity index (χ1n) is 6.44. The lowest BCUT2D eigenvalue weighted by atomic mass is 10.1. The van der Waals surface area contributed by atoms with E-state index in [-0.39, 0.29) is 17.8 Å². The summed E-state index contributed by atoms with van der Waals surface area (Å²) in [5.74, 6) is -0.238. The fourth-order valence-electron chi connectivity index (χ4n) is 2.03. The van der Waals surface area contributed by atoms with E-state index in [1.807, 2.05) is 13.8 Å². The van der Waals surface area contributed by atoms with Crippen molar-refractivity contribution >= 4 is 0 Å². The van der Waals surface area contributed by atoms with Crippen LogP contribution in [-0.4, -0.2) is 32.9 Å². The molecule has 0 aliphatic carbocycles. The first-order valence-corrected chi connectivity index (χ1v) is 6.44. The summed E-state index contributed by atoms with van der Waals surface area (Å²) in [6.45, 7) is 3.80. The third-order valence-corrected chi connectivity index (χ3v) is 3.00. The number of ether oxygens (including phenoxy) is 3. The molecule has 0 bridgehead atoms. The molecule has 7 heteroatoms. The first-order chi connectivity index (χ1) is 9.76. The van der Waals surface area contributed by atoms with E-state index in [0.29, 0.717) is 0 Å². The van der Waals surface area contributed by atoms with Crippen LogP contribution in [0.1, 0.15) is 25.5 Å². The van der Waals surface area contributed by atoms with Gasteiger partial charge in [0.15, 0.2) is 6.29 Å². The highest BCUT2D eigenvalue weighted by atomic mass is 19.4. The smallest absolute Gasteiger partial charge is 0.406 e. The van der Waals surface area contributed by atoms with Crippen LogP contribution in [0.15, 0.2) is 24.3 Å². The number of methoxy groups -OCH3 is 2. The number of benzene rings is 1. The highest BCUT2D eigenvalue weighted by molar-refractivity contribution is 5.29. The molecule has 0 saturated carbocycles. The summed E-state index contributed by atoms with van der Waals surface area (Å²) in [6, 6.07) is 5.58. The Morgan fingerprint density at radius 2 is 1.52 bits per heavy atom. The second-order valence-corrected chi connectivity index (χ2v) is 4.63. The Labute approximate surface area is 122 Å². The molecule has 1 rings (SSSR count). The highest BCUT2D eigenvalue weighted by Crippen LogP contribution is 2.24. The molecule has 0 amide bonds. The lowest BCUT2D eigenvalue weighted by Crippen LogP contribution is -2.40. The monoisotopic (exact) mass is 307 g/mol. The van der Waals surface area contributed by atoms with E-state index in [1.54, 1.807) is 26.4 Å². The molecule has 1 aromatic carbocycles. The van der Waals surface area contributed by atoms with Gasteiger partial charge in [-0.3, -0.25) is 0 Å². The Hall–Kier alpha value is -1.31. The molecule has 2 unspecified atom stereocenters. The van der Waals surface area contributed by atoms with Gasteiger partial charge in [0.2, 0.25) is 0 Å². The zero-order valence-corrected chi connectivity index (χ0v) is 12.4. The Morgan fingerprint density at radius 3 is 1.95 bits per heavy atom. The summed E-state index contributed by atoms with van der Waals surface area (Å²) >= 11 is 0. The Bertz CT molecular complexity index is 418. The molecule has 0 fully saturated rings. The molecular formula is C14H20F3NO3. The van der Waals surface area contributed by atoms with E-state index < -0.39 is 12.7 Å². The van der Waals surface area contributed by atoms with Crippen LogP contribution in [0.3, 0.4) is 0 Å².